The van der Waals surface area contributed by atoms with Gasteiger partial charge in [0.15, 0.2) is 17.3 Å². The Morgan fingerprint density at radius 1 is 1.05 bits per heavy atom. The number of β-amino-alcohol motifs (C(OH)–C–C–N with tert-alkyl or cyclic N) is 1. The Labute approximate surface area is 216 Å². The van der Waals surface area contributed by atoms with Gasteiger partial charge in [-0.2, -0.15) is 13.2 Å². The van der Waals surface area contributed by atoms with Gasteiger partial charge in [0.2, 0.25) is 5.43 Å². The molecule has 3 aromatic rings. The summed E-state index contributed by atoms with van der Waals surface area (Å²) in [6.45, 7) is 0.185. The minimum absolute atomic E-state index is 0.0519. The van der Waals surface area contributed by atoms with E-state index in [1.54, 1.807) is 4.90 Å². The molecule has 0 spiro atoms. The number of nitrogens with one attached hydrogen (secondary N) is 1. The first-order valence-electron chi connectivity index (χ1n) is 12.0. The number of aromatic nitrogens is 2. The molecule has 1 unspecified atom stereocenters. The standard InChI is InChI=1S/C25H22F6N4O4/c26-12-7-15(27)20(16(28)8-12)35-9-14(24(39)33-22(11-1-2-11)25(29,30)31)21(38)13-3-4-19(32-23(13)35)34-6-5-17(36)18(37)10-34/h3-4,7-9,11,17-18,22,36-37H,1-2,5-6,10H2,(H,33,39)/t17-,18-,22?/m1/s1. The quantitative estimate of drug-likeness (QED) is 0.418. The Kier molecular flexibility index (Phi) is 6.79. The largest absolute Gasteiger partial charge is 0.408 e. The number of alkyl halides is 3. The highest BCUT2D eigenvalue weighted by Gasteiger charge is 2.50. The summed E-state index contributed by atoms with van der Waals surface area (Å²) < 4.78 is 84.6. The van der Waals surface area contributed by atoms with Crippen molar-refractivity contribution in [1.29, 1.82) is 0 Å². The molecule has 2 aromatic heterocycles. The van der Waals surface area contributed by atoms with Gasteiger partial charge in [0.05, 0.1) is 17.6 Å². The number of benzene rings is 1. The van der Waals surface area contributed by atoms with Crippen LogP contribution in [0.15, 0.2) is 35.3 Å². The first-order valence-corrected chi connectivity index (χ1v) is 12.0. The molecule has 39 heavy (non-hydrogen) atoms. The average Bonchev–Trinajstić information content (AvgIpc) is 3.69. The molecular weight excluding hydrogens is 534 g/mol. The van der Waals surface area contributed by atoms with Crippen LogP contribution >= 0.6 is 0 Å². The van der Waals surface area contributed by atoms with Gasteiger partial charge in [0.1, 0.15) is 28.9 Å². The van der Waals surface area contributed by atoms with E-state index in [1.165, 1.54) is 12.1 Å². The third kappa shape index (κ3) is 5.17. The molecule has 1 amide bonds. The predicted molar refractivity (Wildman–Crippen MR) is 126 cm³/mol. The fourth-order valence-electron chi connectivity index (χ4n) is 4.71. The summed E-state index contributed by atoms with van der Waals surface area (Å²) in [6, 6.07) is 1.03. The summed E-state index contributed by atoms with van der Waals surface area (Å²) in [4.78, 5) is 32.0. The molecule has 1 saturated heterocycles. The third-order valence-corrected chi connectivity index (χ3v) is 6.91. The average molecular weight is 556 g/mol. The molecule has 1 aromatic carbocycles. The first-order chi connectivity index (χ1) is 18.3. The Balaban J connectivity index is 1.67. The molecule has 5 rings (SSSR count). The Bertz CT molecular complexity index is 1480. The number of hydrogen-bond donors (Lipinski definition) is 3. The second-order valence-corrected chi connectivity index (χ2v) is 9.70. The molecule has 1 saturated carbocycles. The van der Waals surface area contributed by atoms with E-state index in [4.69, 9.17) is 0 Å². The lowest BCUT2D eigenvalue weighted by Gasteiger charge is -2.34. The number of nitrogens with zero attached hydrogens (tertiary/aromatic N) is 3. The highest BCUT2D eigenvalue weighted by Crippen LogP contribution is 2.40. The van der Waals surface area contributed by atoms with Crippen LogP contribution in [-0.4, -0.2) is 63.2 Å². The molecule has 8 nitrogen and oxygen atoms in total. The molecule has 14 heteroatoms. The van der Waals surface area contributed by atoms with E-state index >= 15 is 0 Å². The third-order valence-electron chi connectivity index (χ3n) is 6.91. The van der Waals surface area contributed by atoms with Gasteiger partial charge < -0.3 is 20.4 Å². The fraction of sp³-hybridized carbons (Fsp3) is 0.400. The van der Waals surface area contributed by atoms with Crippen LogP contribution in [0.3, 0.4) is 0 Å². The molecule has 0 bridgehead atoms. The van der Waals surface area contributed by atoms with Gasteiger partial charge in [-0.05, 0) is 37.3 Å². The molecule has 2 fully saturated rings. The van der Waals surface area contributed by atoms with Crippen LogP contribution in [0, 0.1) is 23.4 Å². The summed E-state index contributed by atoms with van der Waals surface area (Å²) in [5, 5.41) is 21.3. The van der Waals surface area contributed by atoms with Crippen molar-refractivity contribution in [2.75, 3.05) is 18.0 Å². The van der Waals surface area contributed by atoms with Gasteiger partial charge in [-0.15, -0.1) is 0 Å². The number of carbonyl (C=O) groups is 1. The number of aliphatic hydroxyl groups excluding tert-OH is 2. The van der Waals surface area contributed by atoms with Crippen molar-refractivity contribution < 1.29 is 41.4 Å². The fourth-order valence-corrected chi connectivity index (χ4v) is 4.71. The van der Waals surface area contributed by atoms with Crippen LogP contribution in [0.2, 0.25) is 0 Å². The highest BCUT2D eigenvalue weighted by atomic mass is 19.4. The Morgan fingerprint density at radius 3 is 2.31 bits per heavy atom. The number of aliphatic hydroxyl groups is 2. The number of piperidine rings is 1. The van der Waals surface area contributed by atoms with E-state index < -0.39 is 70.4 Å². The van der Waals surface area contributed by atoms with E-state index in [9.17, 15) is 46.1 Å². The Morgan fingerprint density at radius 2 is 1.72 bits per heavy atom. The number of carbonyl (C=O) groups excluding carboxylic acids is 1. The minimum Gasteiger partial charge on any atom is -0.390 e. The molecule has 0 radical (unpaired) electrons. The smallest absolute Gasteiger partial charge is 0.390 e. The van der Waals surface area contributed by atoms with Gasteiger partial charge >= 0.3 is 6.18 Å². The van der Waals surface area contributed by atoms with Crippen molar-refractivity contribution in [3.63, 3.8) is 0 Å². The first kappa shape index (κ1) is 26.9. The highest BCUT2D eigenvalue weighted by molar-refractivity contribution is 5.97. The van der Waals surface area contributed by atoms with Gasteiger partial charge in [-0.3, -0.25) is 14.2 Å². The van der Waals surface area contributed by atoms with Crippen LogP contribution in [-0.2, 0) is 0 Å². The normalized spacial score (nSPS) is 20.8. The van der Waals surface area contributed by atoms with Crippen molar-refractivity contribution in [1.82, 2.24) is 14.9 Å². The number of pyridine rings is 2. The lowest BCUT2D eigenvalue weighted by molar-refractivity contribution is -0.158. The maximum absolute atomic E-state index is 14.9. The summed E-state index contributed by atoms with van der Waals surface area (Å²) in [5.41, 5.74) is -3.14. The van der Waals surface area contributed by atoms with Crippen LogP contribution in [0.5, 0.6) is 0 Å². The zero-order valence-corrected chi connectivity index (χ0v) is 20.1. The molecular formula is C25H22F6N4O4. The van der Waals surface area contributed by atoms with Crippen molar-refractivity contribution in [3.05, 3.63) is 63.7 Å². The Hall–Kier alpha value is -3.65. The maximum atomic E-state index is 14.9. The molecule has 3 heterocycles. The minimum atomic E-state index is -4.79. The van der Waals surface area contributed by atoms with Crippen LogP contribution in [0.1, 0.15) is 29.6 Å². The zero-order valence-electron chi connectivity index (χ0n) is 20.1. The molecule has 2 aliphatic rings. The molecule has 208 valence electrons. The van der Waals surface area contributed by atoms with Crippen molar-refractivity contribution in [2.45, 2.75) is 43.7 Å². The van der Waals surface area contributed by atoms with Crippen molar-refractivity contribution in [2.24, 2.45) is 5.92 Å². The SMILES string of the molecule is O=C(NC(C1CC1)C(F)(F)F)c1cn(-c2c(F)cc(F)cc2F)c2nc(N3CC[C@@H](O)[C@H](O)C3)ccc2c1=O. The summed E-state index contributed by atoms with van der Waals surface area (Å²) in [5.74, 6) is -6.19. The maximum Gasteiger partial charge on any atom is 0.408 e. The van der Waals surface area contributed by atoms with Crippen molar-refractivity contribution >= 4 is 22.8 Å². The van der Waals surface area contributed by atoms with Crippen LogP contribution < -0.4 is 15.6 Å². The molecule has 3 atom stereocenters. The second-order valence-electron chi connectivity index (χ2n) is 9.70. The van der Waals surface area contributed by atoms with Crippen LogP contribution in [0.4, 0.5) is 32.2 Å². The lowest BCUT2D eigenvalue weighted by Crippen LogP contribution is -2.48. The number of halogens is 6. The topological polar surface area (TPSA) is 108 Å². The zero-order chi connectivity index (χ0) is 28.2. The van der Waals surface area contributed by atoms with E-state index in [-0.39, 0.29) is 49.2 Å². The van der Waals surface area contributed by atoms with Gasteiger partial charge in [0, 0.05) is 31.4 Å². The van der Waals surface area contributed by atoms with Gasteiger partial charge in [-0.25, -0.2) is 18.2 Å². The van der Waals surface area contributed by atoms with E-state index in [0.717, 1.165) is 0 Å². The number of amides is 1. The van der Waals surface area contributed by atoms with Crippen molar-refractivity contribution in [3.8, 4) is 5.69 Å². The van der Waals surface area contributed by atoms with E-state index in [2.05, 4.69) is 4.98 Å². The second kappa shape index (κ2) is 9.83. The lowest BCUT2D eigenvalue weighted by atomic mass is 10.1. The van der Waals surface area contributed by atoms with E-state index in [0.29, 0.717) is 22.9 Å². The van der Waals surface area contributed by atoms with Gasteiger partial charge in [0.25, 0.3) is 5.91 Å². The van der Waals surface area contributed by atoms with Crippen LogP contribution in [0.25, 0.3) is 16.7 Å². The number of hydrogen-bond acceptors (Lipinski definition) is 6. The number of fused-ring (bicyclic) bond motifs is 1. The van der Waals surface area contributed by atoms with E-state index in [1.807, 2.05) is 5.32 Å². The predicted octanol–water partition coefficient (Wildman–Crippen LogP) is 2.81. The number of anilines is 1. The molecule has 1 aliphatic heterocycles. The number of rotatable bonds is 5. The summed E-state index contributed by atoms with van der Waals surface area (Å²) in [7, 11) is 0. The monoisotopic (exact) mass is 556 g/mol. The summed E-state index contributed by atoms with van der Waals surface area (Å²) >= 11 is 0. The summed E-state index contributed by atoms with van der Waals surface area (Å²) in [6.07, 6.45) is -5.57. The molecule has 3 N–H and O–H groups in total. The van der Waals surface area contributed by atoms with Gasteiger partial charge in [-0.1, -0.05) is 0 Å². The molecule has 1 aliphatic carbocycles.